The molecule has 5 nitrogen and oxygen atoms in total. The van der Waals surface area contributed by atoms with Crippen LogP contribution in [0.25, 0.3) is 0 Å². The van der Waals surface area contributed by atoms with Gasteiger partial charge in [-0.1, -0.05) is 30.3 Å². The zero-order chi connectivity index (χ0) is 17.8. The van der Waals surface area contributed by atoms with Gasteiger partial charge < -0.3 is 14.4 Å². The van der Waals surface area contributed by atoms with E-state index >= 15 is 0 Å². The monoisotopic (exact) mass is 340 g/mol. The average Bonchev–Trinajstić information content (AvgIpc) is 2.68. The van der Waals surface area contributed by atoms with E-state index in [1.54, 1.807) is 32.4 Å². The molecule has 132 valence electrons. The van der Waals surface area contributed by atoms with Crippen molar-refractivity contribution in [2.45, 2.75) is 6.04 Å². The van der Waals surface area contributed by atoms with Gasteiger partial charge in [0.05, 0.1) is 20.3 Å². The molecule has 1 heterocycles. The number of methoxy groups -OCH3 is 2. The number of piperazine rings is 1. The summed E-state index contributed by atoms with van der Waals surface area (Å²) in [6.45, 7) is 2.21. The van der Waals surface area contributed by atoms with Crippen LogP contribution in [0.4, 0.5) is 0 Å². The molecule has 2 aromatic carbocycles. The summed E-state index contributed by atoms with van der Waals surface area (Å²) in [5.74, 6) is 1.25. The Bertz CT molecular complexity index is 711. The topological polar surface area (TPSA) is 42.0 Å². The molecular formula is C20H24N2O3. The van der Waals surface area contributed by atoms with Gasteiger partial charge >= 0.3 is 0 Å². The van der Waals surface area contributed by atoms with Crippen molar-refractivity contribution in [3.63, 3.8) is 0 Å². The number of rotatable bonds is 4. The molecule has 1 aliphatic heterocycles. The number of benzene rings is 2. The van der Waals surface area contributed by atoms with Crippen LogP contribution in [0, 0.1) is 0 Å². The van der Waals surface area contributed by atoms with Gasteiger partial charge in [0.1, 0.15) is 11.5 Å². The maximum absolute atomic E-state index is 13.0. The van der Waals surface area contributed by atoms with E-state index in [2.05, 4.69) is 24.1 Å². The van der Waals surface area contributed by atoms with E-state index in [-0.39, 0.29) is 11.9 Å². The van der Waals surface area contributed by atoms with E-state index in [9.17, 15) is 4.79 Å². The van der Waals surface area contributed by atoms with Gasteiger partial charge in [0, 0.05) is 31.3 Å². The van der Waals surface area contributed by atoms with Crippen LogP contribution in [-0.4, -0.2) is 56.6 Å². The number of carbonyl (C=O) groups excluding carboxylic acids is 1. The molecule has 3 rings (SSSR count). The number of amides is 1. The van der Waals surface area contributed by atoms with Crippen molar-refractivity contribution in [3.05, 3.63) is 59.7 Å². The Morgan fingerprint density at radius 1 is 1.00 bits per heavy atom. The van der Waals surface area contributed by atoms with Crippen LogP contribution in [-0.2, 0) is 0 Å². The van der Waals surface area contributed by atoms with E-state index in [1.807, 2.05) is 23.1 Å². The third-order valence-electron chi connectivity index (χ3n) is 4.72. The Balaban J connectivity index is 1.83. The summed E-state index contributed by atoms with van der Waals surface area (Å²) in [7, 11) is 5.28. The van der Waals surface area contributed by atoms with Gasteiger partial charge in [-0.25, -0.2) is 0 Å². The number of nitrogens with zero attached hydrogens (tertiary/aromatic N) is 2. The summed E-state index contributed by atoms with van der Waals surface area (Å²) < 4.78 is 10.6. The Morgan fingerprint density at radius 2 is 1.64 bits per heavy atom. The highest BCUT2D eigenvalue weighted by Gasteiger charge is 2.29. The molecule has 25 heavy (non-hydrogen) atoms. The van der Waals surface area contributed by atoms with Gasteiger partial charge in [-0.05, 0) is 24.7 Å². The van der Waals surface area contributed by atoms with Crippen molar-refractivity contribution in [2.24, 2.45) is 0 Å². The largest absolute Gasteiger partial charge is 0.497 e. The molecule has 1 amide bonds. The van der Waals surface area contributed by atoms with Crippen LogP contribution in [0.3, 0.4) is 0 Å². The van der Waals surface area contributed by atoms with Crippen molar-refractivity contribution in [2.75, 3.05) is 40.9 Å². The van der Waals surface area contributed by atoms with E-state index in [1.165, 1.54) is 5.56 Å². The SMILES string of the molecule is COc1cc(OC)cc(C(=O)N2CCN(C)C(c3ccccc3)C2)c1. The highest BCUT2D eigenvalue weighted by molar-refractivity contribution is 5.95. The zero-order valence-electron chi connectivity index (χ0n) is 14.9. The fraction of sp³-hybridized carbons (Fsp3) is 0.350. The van der Waals surface area contributed by atoms with E-state index < -0.39 is 0 Å². The van der Waals surface area contributed by atoms with Crippen molar-refractivity contribution in [1.82, 2.24) is 9.80 Å². The smallest absolute Gasteiger partial charge is 0.254 e. The highest BCUT2D eigenvalue weighted by atomic mass is 16.5. The van der Waals surface area contributed by atoms with Gasteiger partial charge in [0.2, 0.25) is 0 Å². The first-order valence-corrected chi connectivity index (χ1v) is 8.40. The standard InChI is InChI=1S/C20H24N2O3/c1-21-9-10-22(14-19(21)15-7-5-4-6-8-15)20(23)16-11-17(24-2)13-18(12-16)25-3/h4-8,11-13,19H,9-10,14H2,1-3H3. The second-order valence-electron chi connectivity index (χ2n) is 6.26. The van der Waals surface area contributed by atoms with Crippen molar-refractivity contribution in [3.8, 4) is 11.5 Å². The second-order valence-corrected chi connectivity index (χ2v) is 6.26. The maximum Gasteiger partial charge on any atom is 0.254 e. The summed E-state index contributed by atoms with van der Waals surface area (Å²) in [4.78, 5) is 17.2. The molecule has 1 aliphatic rings. The van der Waals surface area contributed by atoms with E-state index in [0.29, 0.717) is 30.2 Å². The first-order chi connectivity index (χ1) is 12.1. The molecule has 1 atom stereocenters. The lowest BCUT2D eigenvalue weighted by atomic mass is 10.0. The Kier molecular flexibility index (Phi) is 5.24. The van der Waals surface area contributed by atoms with E-state index in [0.717, 1.165) is 6.54 Å². The third-order valence-corrected chi connectivity index (χ3v) is 4.72. The molecule has 0 spiro atoms. The molecule has 0 N–H and O–H groups in total. The fourth-order valence-electron chi connectivity index (χ4n) is 3.21. The maximum atomic E-state index is 13.0. The molecule has 0 radical (unpaired) electrons. The average molecular weight is 340 g/mol. The van der Waals surface area contributed by atoms with Crippen LogP contribution >= 0.6 is 0 Å². The number of hydrogen-bond acceptors (Lipinski definition) is 4. The van der Waals surface area contributed by atoms with Crippen LogP contribution in [0.1, 0.15) is 22.0 Å². The molecule has 0 aliphatic carbocycles. The lowest BCUT2D eigenvalue weighted by molar-refractivity contribution is 0.0545. The Hall–Kier alpha value is -2.53. The van der Waals surface area contributed by atoms with Crippen molar-refractivity contribution < 1.29 is 14.3 Å². The molecule has 1 saturated heterocycles. The normalized spacial score (nSPS) is 18.0. The minimum Gasteiger partial charge on any atom is -0.497 e. The Morgan fingerprint density at radius 3 is 2.24 bits per heavy atom. The summed E-state index contributed by atoms with van der Waals surface area (Å²) in [5, 5.41) is 0. The second kappa shape index (κ2) is 7.57. The fourth-order valence-corrected chi connectivity index (χ4v) is 3.21. The molecular weight excluding hydrogens is 316 g/mol. The molecule has 1 unspecified atom stereocenters. The number of ether oxygens (including phenoxy) is 2. The van der Waals surface area contributed by atoms with Gasteiger partial charge in [-0.2, -0.15) is 0 Å². The first-order valence-electron chi connectivity index (χ1n) is 8.40. The summed E-state index contributed by atoms with van der Waals surface area (Å²) in [5.41, 5.74) is 1.82. The third kappa shape index (κ3) is 3.77. The van der Waals surface area contributed by atoms with Crippen LogP contribution < -0.4 is 9.47 Å². The van der Waals surface area contributed by atoms with Crippen LogP contribution in [0.15, 0.2) is 48.5 Å². The minimum atomic E-state index is 0.00577. The summed E-state index contributed by atoms with van der Waals surface area (Å²) in [6, 6.07) is 15.8. The van der Waals surface area contributed by atoms with Gasteiger partial charge in [-0.15, -0.1) is 0 Å². The van der Waals surface area contributed by atoms with Gasteiger partial charge in [-0.3, -0.25) is 9.69 Å². The number of carbonyl (C=O) groups is 1. The predicted octanol–water partition coefficient (Wildman–Crippen LogP) is 2.83. The highest BCUT2D eigenvalue weighted by Crippen LogP contribution is 2.27. The number of likely N-dealkylation sites (N-methyl/N-ethyl adjacent to an activating group) is 1. The Labute approximate surface area is 148 Å². The molecule has 2 aromatic rings. The van der Waals surface area contributed by atoms with E-state index in [4.69, 9.17) is 9.47 Å². The van der Waals surface area contributed by atoms with Crippen molar-refractivity contribution in [1.29, 1.82) is 0 Å². The molecule has 0 bridgehead atoms. The quantitative estimate of drug-likeness (QED) is 0.858. The molecule has 0 aromatic heterocycles. The first kappa shape index (κ1) is 17.3. The molecule has 1 fully saturated rings. The number of hydrogen-bond donors (Lipinski definition) is 0. The van der Waals surface area contributed by atoms with Crippen LogP contribution in [0.5, 0.6) is 11.5 Å². The molecule has 0 saturated carbocycles. The zero-order valence-corrected chi connectivity index (χ0v) is 14.9. The summed E-state index contributed by atoms with van der Waals surface area (Å²) >= 11 is 0. The molecule has 5 heteroatoms. The lowest BCUT2D eigenvalue weighted by Gasteiger charge is -2.39. The summed E-state index contributed by atoms with van der Waals surface area (Å²) in [6.07, 6.45) is 0. The van der Waals surface area contributed by atoms with Crippen molar-refractivity contribution >= 4 is 5.91 Å². The minimum absolute atomic E-state index is 0.00577. The predicted molar refractivity (Wildman–Crippen MR) is 97.3 cm³/mol. The lowest BCUT2D eigenvalue weighted by Crippen LogP contribution is -2.49. The van der Waals surface area contributed by atoms with Gasteiger partial charge in [0.15, 0.2) is 0 Å². The van der Waals surface area contributed by atoms with Crippen LogP contribution in [0.2, 0.25) is 0 Å². The van der Waals surface area contributed by atoms with Gasteiger partial charge in [0.25, 0.3) is 5.91 Å².